The van der Waals surface area contributed by atoms with Gasteiger partial charge < -0.3 is 10.4 Å². The van der Waals surface area contributed by atoms with E-state index in [0.29, 0.717) is 6.42 Å². The second kappa shape index (κ2) is 6.59. The van der Waals surface area contributed by atoms with E-state index in [1.807, 2.05) is 18.5 Å². The fourth-order valence-corrected chi connectivity index (χ4v) is 3.17. The summed E-state index contributed by atoms with van der Waals surface area (Å²) in [4.78, 5) is 11.1. The SMILES string of the molecule is CCc1nn(CC)c(CC2CCCC(C(=O)O)N2)c1Cl. The molecule has 0 bridgehead atoms. The molecule has 0 radical (unpaired) electrons. The molecular formula is C14H22ClN3O2. The van der Waals surface area contributed by atoms with Gasteiger partial charge in [-0.05, 0) is 32.6 Å². The summed E-state index contributed by atoms with van der Waals surface area (Å²) >= 11 is 6.40. The maximum atomic E-state index is 11.1. The second-order valence-corrected chi connectivity index (χ2v) is 5.64. The molecule has 0 saturated carbocycles. The van der Waals surface area contributed by atoms with Gasteiger partial charge in [0.25, 0.3) is 0 Å². The van der Waals surface area contributed by atoms with Crippen LogP contribution < -0.4 is 5.32 Å². The lowest BCUT2D eigenvalue weighted by Crippen LogP contribution is -2.47. The van der Waals surface area contributed by atoms with Crippen molar-refractivity contribution in [3.8, 4) is 0 Å². The molecule has 1 saturated heterocycles. The molecule has 112 valence electrons. The van der Waals surface area contributed by atoms with Crippen molar-refractivity contribution in [1.29, 1.82) is 0 Å². The molecule has 0 amide bonds. The molecule has 0 aliphatic carbocycles. The fourth-order valence-electron chi connectivity index (χ4n) is 2.82. The van der Waals surface area contributed by atoms with Crippen LogP contribution in [0.1, 0.15) is 44.5 Å². The lowest BCUT2D eigenvalue weighted by Gasteiger charge is -2.28. The number of aliphatic carboxylic acids is 1. The van der Waals surface area contributed by atoms with E-state index >= 15 is 0 Å². The molecule has 2 rings (SSSR count). The van der Waals surface area contributed by atoms with Gasteiger partial charge in [0.2, 0.25) is 0 Å². The first-order chi connectivity index (χ1) is 9.56. The Labute approximate surface area is 124 Å². The first-order valence-electron chi connectivity index (χ1n) is 7.29. The van der Waals surface area contributed by atoms with Gasteiger partial charge in [-0.1, -0.05) is 18.5 Å². The standard InChI is InChI=1S/C14H22ClN3O2/c1-3-10-13(15)12(18(4-2)17-10)8-9-6-5-7-11(16-9)14(19)20/h9,11,16H,3-8H2,1-2H3,(H,19,20). The predicted molar refractivity (Wildman–Crippen MR) is 78.2 cm³/mol. The molecule has 2 atom stereocenters. The summed E-state index contributed by atoms with van der Waals surface area (Å²) < 4.78 is 1.94. The zero-order chi connectivity index (χ0) is 14.7. The third-order valence-electron chi connectivity index (χ3n) is 3.91. The van der Waals surface area contributed by atoms with Crippen LogP contribution in [0.5, 0.6) is 0 Å². The maximum absolute atomic E-state index is 11.1. The second-order valence-electron chi connectivity index (χ2n) is 5.27. The van der Waals surface area contributed by atoms with Crippen molar-refractivity contribution in [2.45, 2.75) is 64.6 Å². The topological polar surface area (TPSA) is 67.2 Å². The summed E-state index contributed by atoms with van der Waals surface area (Å²) in [6.07, 6.45) is 4.18. The van der Waals surface area contributed by atoms with Crippen LogP contribution in [-0.4, -0.2) is 32.9 Å². The molecule has 0 aromatic carbocycles. The number of nitrogens with one attached hydrogen (secondary N) is 1. The first kappa shape index (κ1) is 15.3. The number of halogens is 1. The average molecular weight is 300 g/mol. The van der Waals surface area contributed by atoms with Crippen LogP contribution in [0.25, 0.3) is 0 Å². The number of rotatable bonds is 5. The van der Waals surface area contributed by atoms with E-state index < -0.39 is 12.0 Å². The highest BCUT2D eigenvalue weighted by Gasteiger charge is 2.27. The molecule has 20 heavy (non-hydrogen) atoms. The fraction of sp³-hybridized carbons (Fsp3) is 0.714. The molecule has 1 aromatic heterocycles. The van der Waals surface area contributed by atoms with Gasteiger partial charge in [0.15, 0.2) is 0 Å². The highest BCUT2D eigenvalue weighted by Crippen LogP contribution is 2.25. The number of carboxylic acid groups (broad SMARTS) is 1. The highest BCUT2D eigenvalue weighted by molar-refractivity contribution is 6.31. The van der Waals surface area contributed by atoms with Crippen LogP contribution in [0.2, 0.25) is 5.02 Å². The number of hydrogen-bond acceptors (Lipinski definition) is 3. The maximum Gasteiger partial charge on any atom is 0.320 e. The van der Waals surface area contributed by atoms with E-state index in [-0.39, 0.29) is 6.04 Å². The van der Waals surface area contributed by atoms with Crippen molar-refractivity contribution in [3.63, 3.8) is 0 Å². The van der Waals surface area contributed by atoms with E-state index in [0.717, 1.165) is 48.6 Å². The monoisotopic (exact) mass is 299 g/mol. The number of hydrogen-bond donors (Lipinski definition) is 2. The molecule has 1 aliphatic heterocycles. The van der Waals surface area contributed by atoms with Crippen LogP contribution in [0.4, 0.5) is 0 Å². The molecular weight excluding hydrogens is 278 g/mol. The van der Waals surface area contributed by atoms with Crippen molar-refractivity contribution in [3.05, 3.63) is 16.4 Å². The van der Waals surface area contributed by atoms with Gasteiger partial charge in [0, 0.05) is 19.0 Å². The average Bonchev–Trinajstić information content (AvgIpc) is 2.75. The van der Waals surface area contributed by atoms with Gasteiger partial charge in [-0.2, -0.15) is 5.10 Å². The van der Waals surface area contributed by atoms with Gasteiger partial charge in [0.1, 0.15) is 6.04 Å². The summed E-state index contributed by atoms with van der Waals surface area (Å²) in [5.41, 5.74) is 1.95. The minimum atomic E-state index is -0.765. The quantitative estimate of drug-likeness (QED) is 0.875. The number of carbonyl (C=O) groups is 1. The van der Waals surface area contributed by atoms with E-state index in [9.17, 15) is 4.79 Å². The summed E-state index contributed by atoms with van der Waals surface area (Å²) in [5, 5.41) is 17.6. The largest absolute Gasteiger partial charge is 0.480 e. The van der Waals surface area contributed by atoms with E-state index in [2.05, 4.69) is 10.4 Å². The van der Waals surface area contributed by atoms with E-state index in [1.165, 1.54) is 0 Å². The molecule has 5 nitrogen and oxygen atoms in total. The molecule has 2 N–H and O–H groups in total. The Balaban J connectivity index is 2.13. The third kappa shape index (κ3) is 3.15. The summed E-state index contributed by atoms with van der Waals surface area (Å²) in [6.45, 7) is 4.86. The molecule has 1 aromatic rings. The number of piperidine rings is 1. The predicted octanol–water partition coefficient (Wildman–Crippen LogP) is 2.26. The van der Waals surface area contributed by atoms with Crippen molar-refractivity contribution in [1.82, 2.24) is 15.1 Å². The van der Waals surface area contributed by atoms with Gasteiger partial charge in [-0.25, -0.2) is 0 Å². The van der Waals surface area contributed by atoms with Gasteiger partial charge in [-0.3, -0.25) is 9.48 Å². The van der Waals surface area contributed by atoms with E-state index in [1.54, 1.807) is 0 Å². The molecule has 1 fully saturated rings. The van der Waals surface area contributed by atoms with Gasteiger partial charge in [-0.15, -0.1) is 0 Å². The molecule has 2 heterocycles. The Bertz CT molecular complexity index is 487. The summed E-state index contributed by atoms with van der Waals surface area (Å²) in [7, 11) is 0. The van der Waals surface area contributed by atoms with Crippen LogP contribution in [0, 0.1) is 0 Å². The Morgan fingerprint density at radius 2 is 2.25 bits per heavy atom. The zero-order valence-electron chi connectivity index (χ0n) is 12.0. The molecule has 2 unspecified atom stereocenters. The normalized spacial score (nSPS) is 22.9. The van der Waals surface area contributed by atoms with Gasteiger partial charge in [0.05, 0.1) is 16.4 Å². The Morgan fingerprint density at radius 3 is 2.85 bits per heavy atom. The Morgan fingerprint density at radius 1 is 1.50 bits per heavy atom. The van der Waals surface area contributed by atoms with Crippen LogP contribution >= 0.6 is 11.6 Å². The summed E-state index contributed by atoms with van der Waals surface area (Å²) in [5.74, 6) is -0.765. The molecule has 0 spiro atoms. The number of nitrogens with zero attached hydrogens (tertiary/aromatic N) is 2. The number of aromatic nitrogens is 2. The van der Waals surface area contributed by atoms with Crippen LogP contribution in [0.3, 0.4) is 0 Å². The zero-order valence-corrected chi connectivity index (χ0v) is 12.8. The number of carboxylic acids is 1. The number of aryl methyl sites for hydroxylation is 2. The van der Waals surface area contributed by atoms with Crippen molar-refractivity contribution >= 4 is 17.6 Å². The third-order valence-corrected chi connectivity index (χ3v) is 4.35. The summed E-state index contributed by atoms with van der Waals surface area (Å²) in [6, 6.07) is -0.273. The van der Waals surface area contributed by atoms with E-state index in [4.69, 9.17) is 16.7 Å². The van der Waals surface area contributed by atoms with Crippen LogP contribution in [-0.2, 0) is 24.2 Å². The molecule has 6 heteroatoms. The van der Waals surface area contributed by atoms with Crippen molar-refractivity contribution < 1.29 is 9.90 Å². The molecule has 1 aliphatic rings. The smallest absolute Gasteiger partial charge is 0.320 e. The minimum absolute atomic E-state index is 0.161. The Hall–Kier alpha value is -1.07. The first-order valence-corrected chi connectivity index (χ1v) is 7.67. The Kier molecular flexibility index (Phi) is 5.05. The highest BCUT2D eigenvalue weighted by atomic mass is 35.5. The van der Waals surface area contributed by atoms with Crippen molar-refractivity contribution in [2.75, 3.05) is 0 Å². The van der Waals surface area contributed by atoms with Crippen LogP contribution in [0.15, 0.2) is 0 Å². The van der Waals surface area contributed by atoms with Gasteiger partial charge >= 0.3 is 5.97 Å². The lowest BCUT2D eigenvalue weighted by atomic mass is 9.95. The lowest BCUT2D eigenvalue weighted by molar-refractivity contribution is -0.140. The van der Waals surface area contributed by atoms with Crippen molar-refractivity contribution in [2.24, 2.45) is 0 Å². The minimum Gasteiger partial charge on any atom is -0.480 e.